The molecular formula is C31H28ClOPS. The van der Waals surface area contributed by atoms with Crippen LogP contribution >= 0.6 is 30.5 Å². The van der Waals surface area contributed by atoms with Gasteiger partial charge in [-0.1, -0.05) is 120 Å². The van der Waals surface area contributed by atoms with Crippen molar-refractivity contribution in [2.75, 3.05) is 0 Å². The normalized spacial score (nSPS) is 18.5. The molecule has 1 aliphatic rings. The number of rotatable bonds is 6. The first-order chi connectivity index (χ1) is 17.1. The van der Waals surface area contributed by atoms with E-state index < -0.39 is 7.14 Å². The summed E-state index contributed by atoms with van der Waals surface area (Å²) in [5.74, 6) is 0.149. The van der Waals surface area contributed by atoms with Gasteiger partial charge in [0.1, 0.15) is 7.14 Å². The predicted octanol–water partition coefficient (Wildman–Crippen LogP) is 8.67. The molecule has 0 saturated heterocycles. The number of benzene rings is 4. The summed E-state index contributed by atoms with van der Waals surface area (Å²) in [5, 5.41) is 2.65. The Kier molecular flexibility index (Phi) is 7.63. The molecule has 0 aromatic heterocycles. The van der Waals surface area contributed by atoms with E-state index in [-0.39, 0.29) is 11.6 Å². The van der Waals surface area contributed by atoms with Crippen LogP contribution in [0.2, 0.25) is 5.02 Å². The van der Waals surface area contributed by atoms with Crippen molar-refractivity contribution in [2.45, 2.75) is 35.7 Å². The van der Waals surface area contributed by atoms with Crippen molar-refractivity contribution in [3.05, 3.63) is 137 Å². The standard InChI is InChI=1S/C31H28ClOPS/c32-25-19-21-28(22-20-25)35-29-17-10-18-31(30(23-29)24-11-4-1-5-12-24)34(33,26-13-6-2-7-14-26)27-15-8-3-9-16-27/h1-9,11-17,19-22,30-31H,10,18,23H2/t30-,31+/m0/s1. The molecular weight excluding hydrogens is 487 g/mol. The van der Waals surface area contributed by atoms with Crippen LogP contribution < -0.4 is 10.6 Å². The smallest absolute Gasteiger partial charge is 0.146 e. The van der Waals surface area contributed by atoms with E-state index in [1.165, 1.54) is 15.4 Å². The molecule has 1 nitrogen and oxygen atoms in total. The van der Waals surface area contributed by atoms with E-state index in [4.69, 9.17) is 11.6 Å². The van der Waals surface area contributed by atoms with Crippen LogP contribution in [0.25, 0.3) is 0 Å². The lowest BCUT2D eigenvalue weighted by molar-refractivity contribution is 0.548. The lowest BCUT2D eigenvalue weighted by atomic mass is 9.91. The number of halogens is 1. The van der Waals surface area contributed by atoms with Gasteiger partial charge in [0, 0.05) is 26.2 Å². The van der Waals surface area contributed by atoms with Crippen LogP contribution in [-0.4, -0.2) is 5.66 Å². The fourth-order valence-corrected chi connectivity index (χ4v) is 9.85. The third-order valence-electron chi connectivity index (χ3n) is 6.76. The van der Waals surface area contributed by atoms with E-state index in [0.717, 1.165) is 34.9 Å². The summed E-state index contributed by atoms with van der Waals surface area (Å²) < 4.78 is 15.4. The number of thioether (sulfide) groups is 1. The zero-order valence-corrected chi connectivity index (χ0v) is 21.9. The van der Waals surface area contributed by atoms with E-state index in [9.17, 15) is 0 Å². The van der Waals surface area contributed by atoms with E-state index in [1.807, 2.05) is 48.5 Å². The molecule has 4 heteroatoms. The molecule has 2 atom stereocenters. The molecule has 0 amide bonds. The topological polar surface area (TPSA) is 17.1 Å². The van der Waals surface area contributed by atoms with Crippen molar-refractivity contribution in [3.8, 4) is 0 Å². The number of allylic oxidation sites excluding steroid dienone is 2. The maximum Gasteiger partial charge on any atom is 0.146 e. The molecule has 0 N–H and O–H groups in total. The van der Waals surface area contributed by atoms with Gasteiger partial charge in [0.05, 0.1) is 0 Å². The highest BCUT2D eigenvalue weighted by atomic mass is 35.5. The van der Waals surface area contributed by atoms with Gasteiger partial charge in [0.25, 0.3) is 0 Å². The fraction of sp³-hybridized carbons (Fsp3) is 0.161. The molecule has 0 heterocycles. The maximum absolute atomic E-state index is 15.4. The Morgan fingerprint density at radius 2 is 1.26 bits per heavy atom. The quantitative estimate of drug-likeness (QED) is 0.239. The molecule has 0 fully saturated rings. The van der Waals surface area contributed by atoms with Gasteiger partial charge in [-0.15, -0.1) is 0 Å². The average molecular weight is 515 g/mol. The van der Waals surface area contributed by atoms with Gasteiger partial charge in [-0.25, -0.2) is 0 Å². The van der Waals surface area contributed by atoms with Crippen molar-refractivity contribution in [1.29, 1.82) is 0 Å². The van der Waals surface area contributed by atoms with Crippen molar-refractivity contribution in [3.63, 3.8) is 0 Å². The summed E-state index contributed by atoms with van der Waals surface area (Å²) in [5.41, 5.74) is 1.27. The van der Waals surface area contributed by atoms with E-state index in [2.05, 4.69) is 72.8 Å². The van der Waals surface area contributed by atoms with Gasteiger partial charge < -0.3 is 4.57 Å². The van der Waals surface area contributed by atoms with Gasteiger partial charge in [0.2, 0.25) is 0 Å². The largest absolute Gasteiger partial charge is 0.313 e. The van der Waals surface area contributed by atoms with Crippen LogP contribution in [0.4, 0.5) is 0 Å². The average Bonchev–Trinajstić information content (AvgIpc) is 3.14. The van der Waals surface area contributed by atoms with Gasteiger partial charge in [-0.05, 0) is 59.9 Å². The summed E-state index contributed by atoms with van der Waals surface area (Å²) in [7, 11) is -2.92. The summed E-state index contributed by atoms with van der Waals surface area (Å²) in [6, 6.07) is 39.0. The second-order valence-corrected chi connectivity index (χ2v) is 13.6. The highest BCUT2D eigenvalue weighted by Crippen LogP contribution is 2.58. The Bertz CT molecular complexity index is 1280. The Hall–Kier alpha value is -2.51. The van der Waals surface area contributed by atoms with Gasteiger partial charge >= 0.3 is 0 Å². The zero-order chi connectivity index (χ0) is 24.1. The van der Waals surface area contributed by atoms with Crippen LogP contribution in [0, 0.1) is 0 Å². The van der Waals surface area contributed by atoms with Crippen LogP contribution in [-0.2, 0) is 4.57 Å². The molecule has 0 radical (unpaired) electrons. The Labute approximate surface area is 217 Å². The molecule has 4 aromatic carbocycles. The second-order valence-electron chi connectivity index (χ2n) is 8.92. The Balaban J connectivity index is 1.58. The summed E-state index contributed by atoms with van der Waals surface area (Å²) >= 11 is 7.92. The van der Waals surface area contributed by atoms with Crippen molar-refractivity contribution in [2.24, 2.45) is 0 Å². The van der Waals surface area contributed by atoms with E-state index in [1.54, 1.807) is 11.8 Å². The first-order valence-electron chi connectivity index (χ1n) is 12.0. The predicted molar refractivity (Wildman–Crippen MR) is 152 cm³/mol. The minimum Gasteiger partial charge on any atom is -0.313 e. The monoisotopic (exact) mass is 514 g/mol. The fourth-order valence-electron chi connectivity index (χ4n) is 5.10. The van der Waals surface area contributed by atoms with Crippen LogP contribution in [0.5, 0.6) is 0 Å². The molecule has 0 aliphatic heterocycles. The third-order valence-corrected chi connectivity index (χ3v) is 11.8. The molecule has 0 bridgehead atoms. The lowest BCUT2D eigenvalue weighted by Crippen LogP contribution is -2.30. The summed E-state index contributed by atoms with van der Waals surface area (Å²) in [4.78, 5) is 2.51. The van der Waals surface area contributed by atoms with Gasteiger partial charge in [0.15, 0.2) is 0 Å². The molecule has 0 unspecified atom stereocenters. The van der Waals surface area contributed by atoms with Crippen LogP contribution in [0.3, 0.4) is 0 Å². The SMILES string of the molecule is O=P(c1ccccc1)(c1ccccc1)[C@@H]1CCC=C(Sc2ccc(Cl)cc2)C[C@H]1c1ccccc1. The number of hydrogen-bond acceptors (Lipinski definition) is 2. The van der Waals surface area contributed by atoms with Crippen molar-refractivity contribution >= 4 is 41.1 Å². The molecule has 35 heavy (non-hydrogen) atoms. The highest BCUT2D eigenvalue weighted by Gasteiger charge is 2.42. The Morgan fingerprint density at radius 3 is 1.83 bits per heavy atom. The van der Waals surface area contributed by atoms with Gasteiger partial charge in [-0.2, -0.15) is 0 Å². The van der Waals surface area contributed by atoms with Crippen molar-refractivity contribution < 1.29 is 4.57 Å². The molecule has 0 saturated carbocycles. The number of hydrogen-bond donors (Lipinski definition) is 0. The first-order valence-corrected chi connectivity index (χ1v) is 15.0. The highest BCUT2D eigenvalue weighted by molar-refractivity contribution is 8.03. The lowest BCUT2D eigenvalue weighted by Gasteiger charge is -2.34. The third kappa shape index (κ3) is 5.36. The first kappa shape index (κ1) is 24.2. The Morgan fingerprint density at radius 1 is 0.714 bits per heavy atom. The van der Waals surface area contributed by atoms with Crippen molar-refractivity contribution in [1.82, 2.24) is 0 Å². The van der Waals surface area contributed by atoms with Crippen LogP contribution in [0.1, 0.15) is 30.7 Å². The maximum atomic E-state index is 15.4. The molecule has 4 aromatic rings. The zero-order valence-electron chi connectivity index (χ0n) is 19.5. The second kappa shape index (κ2) is 11.0. The summed E-state index contributed by atoms with van der Waals surface area (Å²) in [6.07, 6.45) is 5.01. The molecule has 5 rings (SSSR count). The van der Waals surface area contributed by atoms with Crippen LogP contribution in [0.15, 0.2) is 131 Å². The minimum absolute atomic E-state index is 0.00858. The minimum atomic E-state index is -2.92. The molecule has 1 aliphatic carbocycles. The molecule has 176 valence electrons. The van der Waals surface area contributed by atoms with E-state index >= 15 is 4.57 Å². The summed E-state index contributed by atoms with van der Waals surface area (Å²) in [6.45, 7) is 0. The van der Waals surface area contributed by atoms with E-state index in [0.29, 0.717) is 0 Å². The molecule has 0 spiro atoms. The van der Waals surface area contributed by atoms with Gasteiger partial charge in [-0.3, -0.25) is 0 Å².